The van der Waals surface area contributed by atoms with Gasteiger partial charge in [0.1, 0.15) is 0 Å². The third-order valence-corrected chi connectivity index (χ3v) is 11.5. The molecule has 42 heavy (non-hydrogen) atoms. The number of unbranched alkanes of at least 4 members (excludes halogenated alkanes) is 1. The van der Waals surface area contributed by atoms with Crippen molar-refractivity contribution in [2.24, 2.45) is 35.0 Å². The first-order valence-corrected chi connectivity index (χ1v) is 17.0. The van der Waals surface area contributed by atoms with Crippen molar-refractivity contribution in [1.29, 1.82) is 0 Å². The highest BCUT2D eigenvalue weighted by Crippen LogP contribution is 2.45. The predicted molar refractivity (Wildman–Crippen MR) is 184 cm³/mol. The fourth-order valence-electron chi connectivity index (χ4n) is 8.69. The highest BCUT2D eigenvalue weighted by molar-refractivity contribution is 6.20. The topological polar surface area (TPSA) is 141 Å². The molecule has 4 rings (SSSR count). The number of halogens is 1. The first kappa shape index (κ1) is 43.9. The molecule has 1 aliphatic heterocycles. The summed E-state index contributed by atoms with van der Waals surface area (Å²) in [6.07, 6.45) is 25.0. The molecule has 254 valence electrons. The Morgan fingerprint density at radius 3 is 2.14 bits per heavy atom. The van der Waals surface area contributed by atoms with Crippen LogP contribution in [0.4, 0.5) is 0 Å². The number of hydrogen-bond donors (Lipinski definition) is 1. The maximum absolute atomic E-state index is 6.42. The maximum atomic E-state index is 6.42. The largest absolute Gasteiger partial charge is 0.412 e. The van der Waals surface area contributed by atoms with Crippen LogP contribution in [0.2, 0.25) is 0 Å². The fourth-order valence-corrected chi connectivity index (χ4v) is 8.94. The lowest BCUT2D eigenvalue weighted by Crippen LogP contribution is -2.53. The molecule has 9 N–H and O–H groups in total. The van der Waals surface area contributed by atoms with Crippen molar-refractivity contribution in [3.63, 3.8) is 0 Å². The fraction of sp³-hybridized carbons (Fsp3) is 0.943. The summed E-state index contributed by atoms with van der Waals surface area (Å²) < 4.78 is 0. The molecule has 1 unspecified atom stereocenters. The van der Waals surface area contributed by atoms with Crippen molar-refractivity contribution in [3.05, 3.63) is 11.6 Å². The summed E-state index contributed by atoms with van der Waals surface area (Å²) in [5.74, 6) is 4.44. The zero-order chi connectivity index (χ0) is 26.3. The minimum absolute atomic E-state index is 0. The molecule has 2 saturated carbocycles. The van der Waals surface area contributed by atoms with Crippen LogP contribution in [0.3, 0.4) is 0 Å². The van der Waals surface area contributed by atoms with Gasteiger partial charge in [0.05, 0.1) is 0 Å². The summed E-state index contributed by atoms with van der Waals surface area (Å²) in [5.41, 5.74) is 2.26. The summed E-state index contributed by atoms with van der Waals surface area (Å²) >= 11 is 6.42. The van der Waals surface area contributed by atoms with E-state index in [2.05, 4.69) is 44.0 Å². The van der Waals surface area contributed by atoms with Crippen LogP contribution in [0, 0.1) is 35.0 Å². The van der Waals surface area contributed by atoms with E-state index in [-0.39, 0.29) is 29.3 Å². The van der Waals surface area contributed by atoms with Crippen LogP contribution in [0.5, 0.6) is 0 Å². The molecule has 0 bridgehead atoms. The zero-order valence-corrected chi connectivity index (χ0v) is 27.8. The Kier molecular flexibility index (Phi) is 22.5. The lowest BCUT2D eigenvalue weighted by Gasteiger charge is -2.49. The van der Waals surface area contributed by atoms with Crippen LogP contribution in [-0.4, -0.2) is 64.4 Å². The van der Waals surface area contributed by atoms with Gasteiger partial charge in [0.2, 0.25) is 0 Å². The summed E-state index contributed by atoms with van der Waals surface area (Å²) in [4.78, 5) is 2.79. The molecule has 0 aromatic carbocycles. The number of nitrogens with one attached hydrogen (secondary N) is 1. The molecular weight excluding hydrogens is 548 g/mol. The van der Waals surface area contributed by atoms with Crippen LogP contribution < -0.4 is 5.32 Å². The lowest BCUT2D eigenvalue weighted by atomic mass is 9.64. The van der Waals surface area contributed by atoms with E-state index in [4.69, 9.17) is 11.6 Å². The van der Waals surface area contributed by atoms with Gasteiger partial charge in [-0.15, -0.1) is 11.6 Å². The molecule has 1 heterocycles. The normalized spacial score (nSPS) is 30.2. The van der Waals surface area contributed by atoms with Gasteiger partial charge in [-0.05, 0) is 138 Å². The molecule has 0 aromatic heterocycles. The zero-order valence-electron chi connectivity index (χ0n) is 27.1. The molecule has 0 spiro atoms. The number of piperidine rings is 1. The second-order valence-corrected chi connectivity index (χ2v) is 15.3. The summed E-state index contributed by atoms with van der Waals surface area (Å²) in [6.45, 7) is 14.9. The smallest absolute Gasteiger partial charge is 0.0336 e. The third kappa shape index (κ3) is 13.0. The van der Waals surface area contributed by atoms with Crippen molar-refractivity contribution >= 4 is 11.6 Å². The van der Waals surface area contributed by atoms with E-state index in [1.807, 2.05) is 5.57 Å². The van der Waals surface area contributed by atoms with Gasteiger partial charge in [0.15, 0.2) is 0 Å². The van der Waals surface area contributed by atoms with Crippen LogP contribution in [-0.2, 0) is 0 Å². The van der Waals surface area contributed by atoms with E-state index in [1.54, 1.807) is 0 Å². The van der Waals surface area contributed by atoms with Crippen LogP contribution in [0.15, 0.2) is 11.6 Å². The minimum Gasteiger partial charge on any atom is -0.412 e. The molecule has 0 radical (unpaired) electrons. The van der Waals surface area contributed by atoms with Crippen molar-refractivity contribution in [3.8, 4) is 0 Å². The number of nitrogens with zero attached hydrogens (tertiary/aromatic N) is 1. The molecule has 4 aliphatic rings. The Morgan fingerprint density at radius 2 is 1.57 bits per heavy atom. The van der Waals surface area contributed by atoms with Gasteiger partial charge in [-0.1, -0.05) is 59.6 Å². The van der Waals surface area contributed by atoms with E-state index >= 15 is 0 Å². The predicted octanol–water partition coefficient (Wildman–Crippen LogP) is 6.56. The lowest BCUT2D eigenvalue weighted by molar-refractivity contribution is 0.00485. The second kappa shape index (κ2) is 21.5. The maximum Gasteiger partial charge on any atom is 0.0336 e. The van der Waals surface area contributed by atoms with Gasteiger partial charge in [-0.3, -0.25) is 0 Å². The quantitative estimate of drug-likeness (QED) is 0.159. The van der Waals surface area contributed by atoms with Gasteiger partial charge in [0, 0.05) is 24.5 Å². The van der Waals surface area contributed by atoms with Crippen molar-refractivity contribution < 1.29 is 21.9 Å². The van der Waals surface area contributed by atoms with E-state index in [0.29, 0.717) is 22.8 Å². The molecule has 3 aliphatic carbocycles. The SMILES string of the molecule is C.CC(C)[C@H](CN1CCC(C2CCC(Cl)CC2)C(C)(C)C1)NCCCCC1CCC(C2=CCCCC2)CC1.O.O.O.O. The monoisotopic (exact) mass is 621 g/mol. The van der Waals surface area contributed by atoms with Gasteiger partial charge in [-0.25, -0.2) is 0 Å². The van der Waals surface area contributed by atoms with E-state index in [9.17, 15) is 0 Å². The van der Waals surface area contributed by atoms with E-state index < -0.39 is 0 Å². The van der Waals surface area contributed by atoms with Crippen molar-refractivity contribution in [2.75, 3.05) is 26.2 Å². The summed E-state index contributed by atoms with van der Waals surface area (Å²) in [5, 5.41) is 4.44. The number of rotatable bonds is 11. The van der Waals surface area contributed by atoms with Crippen molar-refractivity contribution in [2.45, 2.75) is 149 Å². The Bertz CT molecular complexity index is 703. The van der Waals surface area contributed by atoms with Crippen LogP contribution >= 0.6 is 11.6 Å². The van der Waals surface area contributed by atoms with Gasteiger partial charge in [0.25, 0.3) is 0 Å². The highest BCUT2D eigenvalue weighted by Gasteiger charge is 2.41. The molecule has 0 amide bonds. The number of allylic oxidation sites excluding steroid dienone is 2. The van der Waals surface area contributed by atoms with Gasteiger partial charge in [-0.2, -0.15) is 0 Å². The van der Waals surface area contributed by atoms with E-state index in [1.165, 1.54) is 129 Å². The minimum atomic E-state index is 0. The highest BCUT2D eigenvalue weighted by atomic mass is 35.5. The number of likely N-dealkylation sites (tertiary alicyclic amines) is 1. The van der Waals surface area contributed by atoms with Gasteiger partial charge >= 0.3 is 0 Å². The third-order valence-electron chi connectivity index (χ3n) is 11.1. The first-order valence-electron chi connectivity index (χ1n) is 16.6. The first-order chi connectivity index (χ1) is 17.8. The molecule has 0 aromatic rings. The van der Waals surface area contributed by atoms with Crippen LogP contribution in [0.25, 0.3) is 0 Å². The van der Waals surface area contributed by atoms with Crippen molar-refractivity contribution in [1.82, 2.24) is 10.2 Å². The number of hydrogen-bond acceptors (Lipinski definition) is 2. The standard InChI is InChI=1S/C34H61ClN2.CH4.4H2O/c1-26(2)33(24-37-23-21-32(34(3,4)25-37)30-17-19-31(35)20-18-30)36-22-9-8-10-27-13-15-29(16-14-27)28-11-6-5-7-12-28;;;;;/h11,26-27,29-33,36H,5-10,12-25H2,1-4H3;1H4;4*1H2/t27?,29?,30?,31?,32?,33-;;;;;/m0...../s1. The Morgan fingerprint density at radius 1 is 0.905 bits per heavy atom. The second-order valence-electron chi connectivity index (χ2n) is 14.7. The Labute approximate surface area is 265 Å². The van der Waals surface area contributed by atoms with E-state index in [0.717, 1.165) is 23.7 Å². The average Bonchev–Trinajstić information content (AvgIpc) is 2.89. The molecule has 2 atom stereocenters. The molecule has 1 saturated heterocycles. The number of alkyl halides is 1. The van der Waals surface area contributed by atoms with Gasteiger partial charge < -0.3 is 32.1 Å². The van der Waals surface area contributed by atoms with Crippen LogP contribution in [0.1, 0.15) is 138 Å². The summed E-state index contributed by atoms with van der Waals surface area (Å²) in [7, 11) is 0. The molecular formula is C35H73ClN2O4. The Balaban J connectivity index is 0. The molecule has 7 heteroatoms. The average molecular weight is 621 g/mol. The summed E-state index contributed by atoms with van der Waals surface area (Å²) in [6, 6.07) is 0.623. The Hall–Kier alpha value is -0.210. The molecule has 6 nitrogen and oxygen atoms in total. The molecule has 3 fully saturated rings.